The van der Waals surface area contributed by atoms with Crippen LogP contribution in [0.4, 0.5) is 4.39 Å². The molecule has 2 nitrogen and oxygen atoms in total. The molecule has 2 rings (SSSR count). The molecule has 0 fully saturated rings. The summed E-state index contributed by atoms with van der Waals surface area (Å²) in [6, 6.07) is 9.76. The van der Waals surface area contributed by atoms with E-state index in [4.69, 9.17) is 27.9 Å². The molecule has 2 aromatic carbocycles. The average Bonchev–Trinajstić information content (AvgIpc) is 2.45. The normalized spacial score (nSPS) is 10.7. The van der Waals surface area contributed by atoms with Crippen LogP contribution in [0.2, 0.25) is 10.0 Å². The first-order chi connectivity index (χ1) is 10.1. The number of hydrogen-bond donors (Lipinski definition) is 1. The summed E-state index contributed by atoms with van der Waals surface area (Å²) in [7, 11) is 0. The molecule has 0 saturated carbocycles. The van der Waals surface area contributed by atoms with E-state index in [-0.39, 0.29) is 5.02 Å². The molecule has 0 heterocycles. The van der Waals surface area contributed by atoms with Gasteiger partial charge in [-0.25, -0.2) is 4.39 Å². The molecule has 112 valence electrons. The molecule has 0 unspecified atom stereocenters. The summed E-state index contributed by atoms with van der Waals surface area (Å²) in [5.74, 6) is 0.477. The largest absolute Gasteiger partial charge is 0.457 e. The summed E-state index contributed by atoms with van der Waals surface area (Å²) in [6.45, 7) is 3.68. The van der Waals surface area contributed by atoms with Crippen LogP contribution >= 0.6 is 23.2 Å². The van der Waals surface area contributed by atoms with Crippen LogP contribution < -0.4 is 10.1 Å². The molecular weight excluding hydrogens is 312 g/mol. The number of ether oxygens (including phenoxy) is 1. The maximum Gasteiger partial charge on any atom is 0.145 e. The third-order valence-electron chi connectivity index (χ3n) is 2.89. The minimum atomic E-state index is -0.512. The molecule has 0 saturated heterocycles. The van der Waals surface area contributed by atoms with E-state index in [1.807, 2.05) is 6.07 Å². The van der Waals surface area contributed by atoms with Gasteiger partial charge in [0, 0.05) is 23.2 Å². The highest BCUT2D eigenvalue weighted by Crippen LogP contribution is 2.30. The fourth-order valence-corrected chi connectivity index (χ4v) is 2.12. The molecule has 0 aliphatic heterocycles. The van der Waals surface area contributed by atoms with E-state index in [0.29, 0.717) is 23.1 Å². The molecule has 1 N–H and O–H groups in total. The highest BCUT2D eigenvalue weighted by molar-refractivity contribution is 6.31. The lowest BCUT2D eigenvalue weighted by atomic mass is 10.2. The van der Waals surface area contributed by atoms with Gasteiger partial charge < -0.3 is 10.1 Å². The first-order valence-electron chi connectivity index (χ1n) is 6.72. The third kappa shape index (κ3) is 4.60. The minimum absolute atomic E-state index is 0.0679. The monoisotopic (exact) mass is 327 g/mol. The lowest BCUT2D eigenvalue weighted by Gasteiger charge is -2.12. The topological polar surface area (TPSA) is 21.3 Å². The molecular formula is C16H16Cl2FNO. The lowest BCUT2D eigenvalue weighted by Crippen LogP contribution is -2.14. The predicted molar refractivity (Wildman–Crippen MR) is 84.9 cm³/mol. The molecule has 2 aromatic rings. The first kappa shape index (κ1) is 16.1. The summed E-state index contributed by atoms with van der Waals surface area (Å²) in [6.07, 6.45) is 1.05. The van der Waals surface area contributed by atoms with Crippen molar-refractivity contribution in [3.63, 3.8) is 0 Å². The average molecular weight is 328 g/mol. The van der Waals surface area contributed by atoms with Gasteiger partial charge in [-0.05, 0) is 37.2 Å². The Labute approximate surface area is 133 Å². The Bertz CT molecular complexity index is 619. The second-order valence-corrected chi connectivity index (χ2v) is 5.45. The Kier molecular flexibility index (Phi) is 5.85. The Morgan fingerprint density at radius 2 is 1.95 bits per heavy atom. The van der Waals surface area contributed by atoms with Gasteiger partial charge in [0.05, 0.1) is 5.02 Å². The highest BCUT2D eigenvalue weighted by Gasteiger charge is 2.08. The summed E-state index contributed by atoms with van der Waals surface area (Å²) < 4.78 is 19.2. The third-order valence-corrected chi connectivity index (χ3v) is 3.43. The van der Waals surface area contributed by atoms with Crippen LogP contribution in [0.5, 0.6) is 11.5 Å². The number of hydrogen-bond acceptors (Lipinski definition) is 2. The van der Waals surface area contributed by atoms with E-state index in [2.05, 4.69) is 12.2 Å². The lowest BCUT2D eigenvalue weighted by molar-refractivity contribution is 0.467. The zero-order valence-electron chi connectivity index (χ0n) is 11.6. The second kappa shape index (κ2) is 7.64. The van der Waals surface area contributed by atoms with Crippen LogP contribution in [0, 0.1) is 5.82 Å². The van der Waals surface area contributed by atoms with Gasteiger partial charge in [-0.1, -0.05) is 36.2 Å². The van der Waals surface area contributed by atoms with Gasteiger partial charge in [-0.2, -0.15) is 0 Å². The molecule has 0 radical (unpaired) electrons. The number of benzene rings is 2. The van der Waals surface area contributed by atoms with Crippen molar-refractivity contribution < 1.29 is 9.13 Å². The van der Waals surface area contributed by atoms with Crippen molar-refractivity contribution in [3.05, 3.63) is 57.8 Å². The van der Waals surface area contributed by atoms with Crippen molar-refractivity contribution in [2.75, 3.05) is 6.54 Å². The first-order valence-corrected chi connectivity index (χ1v) is 7.47. The van der Waals surface area contributed by atoms with Gasteiger partial charge in [0.25, 0.3) is 0 Å². The van der Waals surface area contributed by atoms with Crippen molar-refractivity contribution in [2.45, 2.75) is 19.9 Å². The van der Waals surface area contributed by atoms with E-state index in [1.54, 1.807) is 18.2 Å². The standard InChI is InChI=1S/C16H16Cl2FNO/c1-2-7-20-10-11-3-4-12(17)8-16(11)21-13-5-6-14(18)15(19)9-13/h3-6,8-9,20H,2,7,10H2,1H3. The van der Waals surface area contributed by atoms with Gasteiger partial charge in [-0.3, -0.25) is 0 Å². The zero-order chi connectivity index (χ0) is 15.2. The van der Waals surface area contributed by atoms with Gasteiger partial charge >= 0.3 is 0 Å². The van der Waals surface area contributed by atoms with Gasteiger partial charge in [-0.15, -0.1) is 0 Å². The number of rotatable bonds is 6. The Morgan fingerprint density at radius 3 is 2.67 bits per heavy atom. The summed E-state index contributed by atoms with van der Waals surface area (Å²) in [5.41, 5.74) is 0.961. The van der Waals surface area contributed by atoms with Crippen LogP contribution in [-0.2, 0) is 6.54 Å². The molecule has 0 bridgehead atoms. The summed E-state index contributed by atoms with van der Waals surface area (Å²) >= 11 is 11.7. The van der Waals surface area contributed by atoms with E-state index in [1.165, 1.54) is 12.1 Å². The van der Waals surface area contributed by atoms with Crippen LogP contribution in [0.15, 0.2) is 36.4 Å². The molecule has 0 atom stereocenters. The molecule has 0 spiro atoms. The van der Waals surface area contributed by atoms with Gasteiger partial charge in [0.1, 0.15) is 17.3 Å². The van der Waals surface area contributed by atoms with Gasteiger partial charge in [0.15, 0.2) is 0 Å². The fraction of sp³-hybridized carbons (Fsp3) is 0.250. The Morgan fingerprint density at radius 1 is 1.14 bits per heavy atom. The summed E-state index contributed by atoms with van der Waals surface area (Å²) in [4.78, 5) is 0. The summed E-state index contributed by atoms with van der Waals surface area (Å²) in [5, 5.41) is 3.94. The SMILES string of the molecule is CCCNCc1ccc(Cl)cc1Oc1ccc(Cl)c(F)c1. The number of halogens is 3. The van der Waals surface area contributed by atoms with Crippen LogP contribution in [0.3, 0.4) is 0 Å². The second-order valence-electron chi connectivity index (χ2n) is 4.61. The maximum atomic E-state index is 13.5. The van der Waals surface area contributed by atoms with Crippen molar-refractivity contribution >= 4 is 23.2 Å². The molecule has 0 amide bonds. The van der Waals surface area contributed by atoms with Crippen molar-refractivity contribution in [2.24, 2.45) is 0 Å². The van der Waals surface area contributed by atoms with Gasteiger partial charge in [0.2, 0.25) is 0 Å². The predicted octanol–water partition coefficient (Wildman–Crippen LogP) is 5.42. The van der Waals surface area contributed by atoms with E-state index in [9.17, 15) is 4.39 Å². The smallest absolute Gasteiger partial charge is 0.145 e. The van der Waals surface area contributed by atoms with Crippen molar-refractivity contribution in [3.8, 4) is 11.5 Å². The molecule has 0 aliphatic rings. The van der Waals surface area contributed by atoms with E-state index >= 15 is 0 Å². The number of nitrogens with one attached hydrogen (secondary N) is 1. The highest BCUT2D eigenvalue weighted by atomic mass is 35.5. The van der Waals surface area contributed by atoms with Crippen LogP contribution in [0.1, 0.15) is 18.9 Å². The molecule has 0 aromatic heterocycles. The molecule has 21 heavy (non-hydrogen) atoms. The van der Waals surface area contributed by atoms with Crippen molar-refractivity contribution in [1.82, 2.24) is 5.32 Å². The van der Waals surface area contributed by atoms with E-state index in [0.717, 1.165) is 18.5 Å². The fourth-order valence-electron chi connectivity index (χ4n) is 1.84. The van der Waals surface area contributed by atoms with Crippen molar-refractivity contribution in [1.29, 1.82) is 0 Å². The zero-order valence-corrected chi connectivity index (χ0v) is 13.1. The van der Waals surface area contributed by atoms with Crippen LogP contribution in [0.25, 0.3) is 0 Å². The van der Waals surface area contributed by atoms with Crippen LogP contribution in [-0.4, -0.2) is 6.54 Å². The minimum Gasteiger partial charge on any atom is -0.457 e. The maximum absolute atomic E-state index is 13.5. The Hall–Kier alpha value is -1.29. The quantitative estimate of drug-likeness (QED) is 0.715. The van der Waals surface area contributed by atoms with E-state index < -0.39 is 5.82 Å². The molecule has 0 aliphatic carbocycles. The Balaban J connectivity index is 2.20. The molecule has 5 heteroatoms.